The van der Waals surface area contributed by atoms with Crippen LogP contribution in [0.25, 0.3) is 0 Å². The van der Waals surface area contributed by atoms with Crippen LogP contribution < -0.4 is 5.32 Å². The minimum absolute atomic E-state index is 0.133. The zero-order chi connectivity index (χ0) is 13.1. The Labute approximate surface area is 121 Å². The van der Waals surface area contributed by atoms with Gasteiger partial charge in [0.25, 0.3) is 0 Å². The molecule has 0 aliphatic carbocycles. The van der Waals surface area contributed by atoms with Crippen LogP contribution in [0.5, 0.6) is 0 Å². The number of rotatable bonds is 3. The van der Waals surface area contributed by atoms with Crippen LogP contribution in [0.1, 0.15) is 24.2 Å². The molecule has 2 aromatic rings. The highest BCUT2D eigenvalue weighted by Crippen LogP contribution is 2.29. The Bertz CT molecular complexity index is 557. The van der Waals surface area contributed by atoms with Gasteiger partial charge in [0.05, 0.1) is 17.4 Å². The number of aromatic nitrogens is 1. The number of pyridine rings is 1. The molecule has 1 atom stereocenters. The van der Waals surface area contributed by atoms with Gasteiger partial charge < -0.3 is 5.32 Å². The molecule has 0 aliphatic rings. The van der Waals surface area contributed by atoms with Crippen LogP contribution in [-0.4, -0.2) is 4.98 Å². The predicted molar refractivity (Wildman–Crippen MR) is 80.2 cm³/mol. The van der Waals surface area contributed by atoms with E-state index in [1.165, 1.54) is 0 Å². The van der Waals surface area contributed by atoms with Crippen molar-refractivity contribution in [3.8, 4) is 0 Å². The SMILES string of the molecule is Cc1ncccc1NC(C)c1ccc(Br)cc1Cl. The molecule has 18 heavy (non-hydrogen) atoms. The van der Waals surface area contributed by atoms with Crippen LogP contribution in [0.3, 0.4) is 0 Å². The van der Waals surface area contributed by atoms with Gasteiger partial charge in [-0.05, 0) is 43.7 Å². The number of benzene rings is 1. The van der Waals surface area contributed by atoms with E-state index in [9.17, 15) is 0 Å². The fraction of sp³-hybridized carbons (Fsp3) is 0.214. The molecule has 1 aromatic heterocycles. The summed E-state index contributed by atoms with van der Waals surface area (Å²) in [5.41, 5.74) is 3.09. The fourth-order valence-corrected chi connectivity index (χ4v) is 2.64. The van der Waals surface area contributed by atoms with Gasteiger partial charge in [0.1, 0.15) is 0 Å². The molecule has 0 saturated heterocycles. The van der Waals surface area contributed by atoms with E-state index < -0.39 is 0 Å². The third kappa shape index (κ3) is 3.03. The first-order chi connectivity index (χ1) is 8.58. The molecule has 0 spiro atoms. The zero-order valence-corrected chi connectivity index (χ0v) is 12.6. The van der Waals surface area contributed by atoms with Crippen LogP contribution in [0.15, 0.2) is 41.0 Å². The number of nitrogens with one attached hydrogen (secondary N) is 1. The number of hydrogen-bond acceptors (Lipinski definition) is 2. The average molecular weight is 326 g/mol. The molecule has 0 bridgehead atoms. The van der Waals surface area contributed by atoms with E-state index in [1.54, 1.807) is 6.20 Å². The van der Waals surface area contributed by atoms with Crippen molar-refractivity contribution in [2.45, 2.75) is 19.9 Å². The molecule has 0 aliphatic heterocycles. The third-order valence-electron chi connectivity index (χ3n) is 2.81. The highest BCUT2D eigenvalue weighted by Gasteiger charge is 2.10. The molecule has 2 nitrogen and oxygen atoms in total. The van der Waals surface area contributed by atoms with Gasteiger partial charge in [-0.3, -0.25) is 4.98 Å². The maximum Gasteiger partial charge on any atom is 0.0603 e. The number of aryl methyl sites for hydroxylation is 1. The Morgan fingerprint density at radius 2 is 2.11 bits per heavy atom. The van der Waals surface area contributed by atoms with E-state index in [1.807, 2.05) is 37.3 Å². The van der Waals surface area contributed by atoms with Gasteiger partial charge in [-0.2, -0.15) is 0 Å². The second-order valence-electron chi connectivity index (χ2n) is 4.17. The van der Waals surface area contributed by atoms with Crippen molar-refractivity contribution in [2.24, 2.45) is 0 Å². The quantitative estimate of drug-likeness (QED) is 0.861. The normalized spacial score (nSPS) is 12.2. The maximum absolute atomic E-state index is 6.24. The van der Waals surface area contributed by atoms with Crippen molar-refractivity contribution in [2.75, 3.05) is 5.32 Å². The Hall–Kier alpha value is -1.06. The summed E-state index contributed by atoms with van der Waals surface area (Å²) in [6, 6.07) is 10.0. The summed E-state index contributed by atoms with van der Waals surface area (Å²) < 4.78 is 0.987. The van der Waals surface area contributed by atoms with Crippen molar-refractivity contribution in [3.05, 3.63) is 57.3 Å². The molecule has 0 radical (unpaired) electrons. The van der Waals surface area contributed by atoms with Crippen LogP contribution in [0, 0.1) is 6.92 Å². The number of nitrogens with zero attached hydrogens (tertiary/aromatic N) is 1. The molecule has 94 valence electrons. The predicted octanol–water partition coefficient (Wildman–Crippen LogP) is 4.98. The largest absolute Gasteiger partial charge is 0.377 e. The number of hydrogen-bond donors (Lipinski definition) is 1. The fourth-order valence-electron chi connectivity index (χ4n) is 1.80. The minimum atomic E-state index is 0.133. The van der Waals surface area contributed by atoms with Gasteiger partial charge in [0, 0.05) is 15.7 Å². The Balaban J connectivity index is 2.22. The molecule has 2 rings (SSSR count). The molecular formula is C14H14BrClN2. The van der Waals surface area contributed by atoms with Crippen LogP contribution >= 0.6 is 27.5 Å². The second kappa shape index (κ2) is 5.72. The summed E-state index contributed by atoms with van der Waals surface area (Å²) in [6.45, 7) is 4.07. The summed E-state index contributed by atoms with van der Waals surface area (Å²) in [5.74, 6) is 0. The third-order valence-corrected chi connectivity index (χ3v) is 3.63. The van der Waals surface area contributed by atoms with E-state index in [2.05, 4.69) is 33.2 Å². The molecule has 1 heterocycles. The van der Waals surface area contributed by atoms with Gasteiger partial charge >= 0.3 is 0 Å². The number of anilines is 1. The van der Waals surface area contributed by atoms with Crippen molar-refractivity contribution in [3.63, 3.8) is 0 Å². The lowest BCUT2D eigenvalue weighted by Gasteiger charge is -2.18. The average Bonchev–Trinajstić information content (AvgIpc) is 2.32. The highest BCUT2D eigenvalue weighted by atomic mass is 79.9. The molecule has 0 fully saturated rings. The van der Waals surface area contributed by atoms with Crippen molar-refractivity contribution >= 4 is 33.2 Å². The summed E-state index contributed by atoms with van der Waals surface area (Å²) in [4.78, 5) is 4.26. The first kappa shape index (κ1) is 13.4. The monoisotopic (exact) mass is 324 g/mol. The lowest BCUT2D eigenvalue weighted by Crippen LogP contribution is -2.08. The van der Waals surface area contributed by atoms with Crippen LogP contribution in [-0.2, 0) is 0 Å². The van der Waals surface area contributed by atoms with Crippen molar-refractivity contribution in [1.29, 1.82) is 0 Å². The smallest absolute Gasteiger partial charge is 0.0603 e. The van der Waals surface area contributed by atoms with Crippen LogP contribution in [0.2, 0.25) is 5.02 Å². The Kier molecular flexibility index (Phi) is 4.25. The van der Waals surface area contributed by atoms with E-state index in [0.29, 0.717) is 0 Å². The standard InChI is InChI=1S/C14H14BrClN2/c1-9(12-6-5-11(15)8-13(12)16)18-14-4-3-7-17-10(14)2/h3-9,18H,1-2H3. The van der Waals surface area contributed by atoms with E-state index in [4.69, 9.17) is 11.6 Å². The highest BCUT2D eigenvalue weighted by molar-refractivity contribution is 9.10. The lowest BCUT2D eigenvalue weighted by atomic mass is 10.1. The summed E-state index contributed by atoms with van der Waals surface area (Å²) in [7, 11) is 0. The lowest BCUT2D eigenvalue weighted by molar-refractivity contribution is 0.879. The molecule has 4 heteroatoms. The Morgan fingerprint density at radius 3 is 2.78 bits per heavy atom. The van der Waals surface area contributed by atoms with Gasteiger partial charge in [-0.15, -0.1) is 0 Å². The molecular weight excluding hydrogens is 312 g/mol. The minimum Gasteiger partial charge on any atom is -0.377 e. The molecule has 0 saturated carbocycles. The maximum atomic E-state index is 6.24. The van der Waals surface area contributed by atoms with E-state index >= 15 is 0 Å². The summed E-state index contributed by atoms with van der Waals surface area (Å²) >= 11 is 9.65. The molecule has 1 aromatic carbocycles. The summed E-state index contributed by atoms with van der Waals surface area (Å²) in [6.07, 6.45) is 1.79. The first-order valence-corrected chi connectivity index (χ1v) is 6.88. The van der Waals surface area contributed by atoms with Gasteiger partial charge in [0.2, 0.25) is 0 Å². The van der Waals surface area contributed by atoms with Gasteiger partial charge in [-0.1, -0.05) is 33.6 Å². The Morgan fingerprint density at radius 1 is 1.33 bits per heavy atom. The molecule has 1 unspecified atom stereocenters. The van der Waals surface area contributed by atoms with E-state index in [-0.39, 0.29) is 6.04 Å². The summed E-state index contributed by atoms with van der Waals surface area (Å²) in [5, 5.41) is 4.18. The first-order valence-electron chi connectivity index (χ1n) is 5.71. The van der Waals surface area contributed by atoms with Crippen molar-refractivity contribution < 1.29 is 0 Å². The van der Waals surface area contributed by atoms with Crippen molar-refractivity contribution in [1.82, 2.24) is 4.98 Å². The zero-order valence-electron chi connectivity index (χ0n) is 10.2. The van der Waals surface area contributed by atoms with Gasteiger partial charge in [-0.25, -0.2) is 0 Å². The van der Waals surface area contributed by atoms with Gasteiger partial charge in [0.15, 0.2) is 0 Å². The van der Waals surface area contributed by atoms with Crippen LogP contribution in [0.4, 0.5) is 5.69 Å². The second-order valence-corrected chi connectivity index (χ2v) is 5.49. The van der Waals surface area contributed by atoms with E-state index in [0.717, 1.165) is 26.4 Å². The molecule has 0 amide bonds. The number of halogens is 2. The topological polar surface area (TPSA) is 24.9 Å². The molecule has 1 N–H and O–H groups in total.